The summed E-state index contributed by atoms with van der Waals surface area (Å²) in [5, 5.41) is 4.20. The molecule has 2 rings (SSSR count). The number of hydrogen-bond acceptors (Lipinski definition) is 1. The van der Waals surface area contributed by atoms with Crippen molar-refractivity contribution >= 4 is 16.6 Å². The number of nitrogens with one attached hydrogen (secondary N) is 2. The standard InChI is InChI=1S/C9H9N2/c1-10-8-2-3-9-7(6-8)4-5-11-9/h2-3,5-6,10-11H,1H3. The number of aromatic nitrogens is 1. The summed E-state index contributed by atoms with van der Waals surface area (Å²) in [4.78, 5) is 3.09. The van der Waals surface area contributed by atoms with Gasteiger partial charge in [0.1, 0.15) is 0 Å². The first-order valence-corrected chi connectivity index (χ1v) is 3.57. The van der Waals surface area contributed by atoms with Gasteiger partial charge < -0.3 is 10.3 Å². The Bertz CT molecular complexity index is 362. The van der Waals surface area contributed by atoms with Gasteiger partial charge in [0.25, 0.3) is 0 Å². The highest BCUT2D eigenvalue weighted by Gasteiger charge is 1.93. The third-order valence-electron chi connectivity index (χ3n) is 1.76. The number of benzene rings is 1. The molecule has 55 valence electrons. The van der Waals surface area contributed by atoms with Crippen LogP contribution in [0, 0.1) is 6.07 Å². The zero-order valence-electron chi connectivity index (χ0n) is 6.31. The van der Waals surface area contributed by atoms with E-state index in [-0.39, 0.29) is 0 Å². The van der Waals surface area contributed by atoms with Crippen LogP contribution in [0.2, 0.25) is 0 Å². The van der Waals surface area contributed by atoms with Crippen LogP contribution < -0.4 is 5.32 Å². The number of anilines is 1. The average molecular weight is 145 g/mol. The predicted molar refractivity (Wildman–Crippen MR) is 46.7 cm³/mol. The number of rotatable bonds is 1. The quantitative estimate of drug-likeness (QED) is 0.631. The van der Waals surface area contributed by atoms with Crippen molar-refractivity contribution in [3.63, 3.8) is 0 Å². The third kappa shape index (κ3) is 0.963. The molecule has 0 amide bonds. The molecular formula is C9H9N2. The lowest BCUT2D eigenvalue weighted by Crippen LogP contribution is -1.85. The molecule has 11 heavy (non-hydrogen) atoms. The summed E-state index contributed by atoms with van der Waals surface area (Å²) in [6, 6.07) is 9.23. The molecule has 2 heteroatoms. The van der Waals surface area contributed by atoms with E-state index in [0.29, 0.717) is 0 Å². The van der Waals surface area contributed by atoms with Gasteiger partial charge in [0.05, 0.1) is 0 Å². The number of fused-ring (bicyclic) bond motifs is 1. The Morgan fingerprint density at radius 3 is 3.18 bits per heavy atom. The molecule has 2 nitrogen and oxygen atoms in total. The zero-order chi connectivity index (χ0) is 7.68. The Kier molecular flexibility index (Phi) is 1.32. The monoisotopic (exact) mass is 145 g/mol. The fourth-order valence-corrected chi connectivity index (χ4v) is 1.14. The Labute approximate surface area is 65.2 Å². The first-order valence-electron chi connectivity index (χ1n) is 3.57. The number of hydrogen-bond donors (Lipinski definition) is 2. The number of H-pyrrole nitrogens is 1. The van der Waals surface area contributed by atoms with E-state index in [1.807, 2.05) is 25.4 Å². The Balaban J connectivity index is 2.67. The summed E-state index contributed by atoms with van der Waals surface area (Å²) in [7, 11) is 1.91. The molecule has 0 aliphatic heterocycles. The lowest BCUT2D eigenvalue weighted by molar-refractivity contribution is 1.47. The van der Waals surface area contributed by atoms with Crippen molar-refractivity contribution in [1.82, 2.24) is 4.98 Å². The van der Waals surface area contributed by atoms with Gasteiger partial charge in [-0.25, -0.2) is 0 Å². The molecule has 0 bridgehead atoms. The summed E-state index contributed by atoms with van der Waals surface area (Å²) in [6.07, 6.45) is 1.82. The fraction of sp³-hybridized carbons (Fsp3) is 0.111. The van der Waals surface area contributed by atoms with E-state index in [1.165, 1.54) is 0 Å². The second-order valence-electron chi connectivity index (χ2n) is 2.44. The Morgan fingerprint density at radius 2 is 2.36 bits per heavy atom. The second kappa shape index (κ2) is 2.31. The van der Waals surface area contributed by atoms with Crippen molar-refractivity contribution in [2.24, 2.45) is 0 Å². The highest BCUT2D eigenvalue weighted by molar-refractivity contribution is 5.82. The van der Waals surface area contributed by atoms with Crippen LogP contribution in [0.15, 0.2) is 24.4 Å². The van der Waals surface area contributed by atoms with Crippen LogP contribution in [0.1, 0.15) is 0 Å². The minimum absolute atomic E-state index is 1.12. The average Bonchev–Trinajstić information content (AvgIpc) is 2.50. The highest BCUT2D eigenvalue weighted by atomic mass is 14.8. The molecule has 1 heterocycles. The van der Waals surface area contributed by atoms with Crippen LogP contribution in [-0.4, -0.2) is 12.0 Å². The van der Waals surface area contributed by atoms with Gasteiger partial charge >= 0.3 is 0 Å². The van der Waals surface area contributed by atoms with E-state index in [2.05, 4.69) is 22.4 Å². The normalized spacial score (nSPS) is 10.3. The highest BCUT2D eigenvalue weighted by Crippen LogP contribution is 2.16. The predicted octanol–water partition coefficient (Wildman–Crippen LogP) is 2.01. The van der Waals surface area contributed by atoms with Gasteiger partial charge in [0, 0.05) is 35.9 Å². The van der Waals surface area contributed by atoms with Gasteiger partial charge in [-0.05, 0) is 18.2 Å². The van der Waals surface area contributed by atoms with E-state index in [4.69, 9.17) is 0 Å². The Morgan fingerprint density at radius 1 is 1.45 bits per heavy atom. The van der Waals surface area contributed by atoms with E-state index in [0.717, 1.165) is 16.6 Å². The van der Waals surface area contributed by atoms with Gasteiger partial charge in [-0.2, -0.15) is 0 Å². The lowest BCUT2D eigenvalue weighted by atomic mass is 10.2. The summed E-state index contributed by atoms with van der Waals surface area (Å²) < 4.78 is 0. The molecule has 0 atom stereocenters. The molecule has 2 N–H and O–H groups in total. The third-order valence-corrected chi connectivity index (χ3v) is 1.76. The molecular weight excluding hydrogens is 136 g/mol. The molecule has 1 aromatic heterocycles. The number of aromatic amines is 1. The van der Waals surface area contributed by atoms with Crippen molar-refractivity contribution in [3.05, 3.63) is 30.5 Å². The summed E-state index contributed by atoms with van der Waals surface area (Å²) in [6.45, 7) is 0. The Hall–Kier alpha value is -1.44. The molecule has 0 saturated heterocycles. The molecule has 1 radical (unpaired) electrons. The van der Waals surface area contributed by atoms with E-state index < -0.39 is 0 Å². The van der Waals surface area contributed by atoms with E-state index in [1.54, 1.807) is 0 Å². The van der Waals surface area contributed by atoms with Crippen molar-refractivity contribution < 1.29 is 0 Å². The van der Waals surface area contributed by atoms with E-state index >= 15 is 0 Å². The molecule has 0 fully saturated rings. The maximum Gasteiger partial charge on any atom is 0.0461 e. The summed E-state index contributed by atoms with van der Waals surface area (Å²) in [5.41, 5.74) is 2.25. The largest absolute Gasteiger partial charge is 0.388 e. The molecule has 1 aromatic carbocycles. The van der Waals surface area contributed by atoms with Crippen LogP contribution in [0.5, 0.6) is 0 Å². The molecule has 0 saturated carbocycles. The first kappa shape index (κ1) is 6.28. The molecule has 0 spiro atoms. The minimum Gasteiger partial charge on any atom is -0.388 e. The van der Waals surface area contributed by atoms with Gasteiger partial charge in [-0.15, -0.1) is 0 Å². The van der Waals surface area contributed by atoms with Crippen LogP contribution in [0.4, 0.5) is 5.69 Å². The second-order valence-corrected chi connectivity index (χ2v) is 2.44. The van der Waals surface area contributed by atoms with Crippen molar-refractivity contribution in [2.75, 3.05) is 12.4 Å². The maximum absolute atomic E-state index is 3.10. The lowest BCUT2D eigenvalue weighted by Gasteiger charge is -1.97. The summed E-state index contributed by atoms with van der Waals surface area (Å²) in [5.74, 6) is 0. The van der Waals surface area contributed by atoms with Crippen LogP contribution in [0.3, 0.4) is 0 Å². The minimum atomic E-state index is 1.12. The van der Waals surface area contributed by atoms with Gasteiger partial charge in [0.15, 0.2) is 0 Å². The van der Waals surface area contributed by atoms with Crippen LogP contribution in [-0.2, 0) is 0 Å². The van der Waals surface area contributed by atoms with Gasteiger partial charge in [-0.3, -0.25) is 0 Å². The zero-order valence-corrected chi connectivity index (χ0v) is 6.31. The van der Waals surface area contributed by atoms with Crippen molar-refractivity contribution in [2.45, 2.75) is 0 Å². The maximum atomic E-state index is 3.10. The van der Waals surface area contributed by atoms with Gasteiger partial charge in [0.2, 0.25) is 0 Å². The van der Waals surface area contributed by atoms with Crippen molar-refractivity contribution in [1.29, 1.82) is 0 Å². The van der Waals surface area contributed by atoms with Crippen molar-refractivity contribution in [3.8, 4) is 0 Å². The smallest absolute Gasteiger partial charge is 0.0461 e. The SMILES string of the molecule is CNc1ccc2[nH]c[c]c2c1. The topological polar surface area (TPSA) is 27.8 Å². The fourth-order valence-electron chi connectivity index (χ4n) is 1.14. The van der Waals surface area contributed by atoms with E-state index in [9.17, 15) is 0 Å². The molecule has 0 unspecified atom stereocenters. The summed E-state index contributed by atoms with van der Waals surface area (Å²) >= 11 is 0. The van der Waals surface area contributed by atoms with Crippen LogP contribution in [0.25, 0.3) is 10.9 Å². The first-order chi connectivity index (χ1) is 5.40. The molecule has 2 aromatic rings. The van der Waals surface area contributed by atoms with Crippen LogP contribution >= 0.6 is 0 Å². The molecule has 0 aliphatic rings. The molecule has 0 aliphatic carbocycles. The van der Waals surface area contributed by atoms with Gasteiger partial charge in [-0.1, -0.05) is 0 Å².